The van der Waals surface area contributed by atoms with E-state index in [-0.39, 0.29) is 5.78 Å². The van der Waals surface area contributed by atoms with Crippen molar-refractivity contribution < 1.29 is 4.79 Å². The third-order valence-electron chi connectivity index (χ3n) is 4.43. The molecule has 0 spiro atoms. The summed E-state index contributed by atoms with van der Waals surface area (Å²) in [7, 11) is 0. The summed E-state index contributed by atoms with van der Waals surface area (Å²) in [6.07, 6.45) is 4.03. The molecule has 0 saturated heterocycles. The quantitative estimate of drug-likeness (QED) is 0.571. The van der Waals surface area contributed by atoms with Gasteiger partial charge in [0.15, 0.2) is 5.78 Å². The minimum absolute atomic E-state index is 0.143. The zero-order valence-corrected chi connectivity index (χ0v) is 12.7. The van der Waals surface area contributed by atoms with E-state index in [2.05, 4.69) is 48.5 Å². The molecule has 4 rings (SSSR count). The minimum atomic E-state index is 0.143. The number of allylic oxidation sites excluding steroid dienone is 5. The van der Waals surface area contributed by atoms with Crippen LogP contribution in [0.2, 0.25) is 0 Å². The highest BCUT2D eigenvalue weighted by molar-refractivity contribution is 6.12. The molecule has 0 aromatic heterocycles. The number of rotatable bonds is 0. The Labute approximate surface area is 130 Å². The van der Waals surface area contributed by atoms with Crippen LogP contribution in [0, 0.1) is 0 Å². The van der Waals surface area contributed by atoms with Gasteiger partial charge in [-0.05, 0) is 70.5 Å². The second-order valence-electron chi connectivity index (χ2n) is 5.91. The van der Waals surface area contributed by atoms with Gasteiger partial charge in [0.05, 0.1) is 0 Å². The number of Topliss-reactive ketones (excluding diaryl/α,β-unsaturated/α-hetero) is 1. The van der Waals surface area contributed by atoms with Crippen LogP contribution in [0.1, 0.15) is 25.0 Å². The first-order chi connectivity index (χ1) is 10.7. The van der Waals surface area contributed by atoms with E-state index in [4.69, 9.17) is 0 Å². The molecule has 2 aliphatic rings. The van der Waals surface area contributed by atoms with Gasteiger partial charge in [0.2, 0.25) is 0 Å². The monoisotopic (exact) mass is 284 g/mol. The summed E-state index contributed by atoms with van der Waals surface area (Å²) in [5.74, 6) is 0.143. The smallest absolute Gasteiger partial charge is 0.184 e. The minimum Gasteiger partial charge on any atom is -0.289 e. The van der Waals surface area contributed by atoms with Gasteiger partial charge in [0, 0.05) is 0 Å². The van der Waals surface area contributed by atoms with Crippen molar-refractivity contribution in [1.29, 1.82) is 0 Å². The first-order valence-corrected chi connectivity index (χ1v) is 7.51. The molecule has 0 heterocycles. The Balaban J connectivity index is 2.08. The highest BCUT2D eigenvalue weighted by Gasteiger charge is 2.26. The number of carbonyl (C=O) groups excluding carboxylic acids is 1. The summed E-state index contributed by atoms with van der Waals surface area (Å²) in [6, 6.07) is 17.0. The number of hydrogen-bond donors (Lipinski definition) is 0. The molecule has 0 radical (unpaired) electrons. The fourth-order valence-electron chi connectivity index (χ4n) is 3.42. The molecule has 2 aromatic carbocycles. The molecular weight excluding hydrogens is 268 g/mol. The summed E-state index contributed by atoms with van der Waals surface area (Å²) in [6.45, 7) is 3.79. The number of ketones is 1. The molecule has 2 aromatic rings. The molecule has 1 nitrogen and oxygen atoms in total. The SMILES string of the molecule is CC1=CC(=C2c3ccccc3-c3ccccc32)C=C(C)C1=O. The predicted octanol–water partition coefficient (Wildman–Crippen LogP) is 4.94. The maximum atomic E-state index is 12.0. The van der Waals surface area contributed by atoms with Crippen molar-refractivity contribution in [3.05, 3.63) is 88.5 Å². The van der Waals surface area contributed by atoms with Crippen LogP contribution in [-0.4, -0.2) is 5.78 Å². The second kappa shape index (κ2) is 4.67. The fourth-order valence-corrected chi connectivity index (χ4v) is 3.42. The van der Waals surface area contributed by atoms with Gasteiger partial charge < -0.3 is 0 Å². The number of carbonyl (C=O) groups is 1. The Morgan fingerprint density at radius 3 is 1.50 bits per heavy atom. The van der Waals surface area contributed by atoms with Crippen molar-refractivity contribution in [2.24, 2.45) is 0 Å². The van der Waals surface area contributed by atoms with Crippen LogP contribution in [0.15, 0.2) is 77.4 Å². The van der Waals surface area contributed by atoms with Crippen molar-refractivity contribution in [2.75, 3.05) is 0 Å². The first-order valence-electron chi connectivity index (χ1n) is 7.51. The molecule has 0 bridgehead atoms. The van der Waals surface area contributed by atoms with E-state index in [0.717, 1.165) is 16.7 Å². The van der Waals surface area contributed by atoms with Gasteiger partial charge in [-0.2, -0.15) is 0 Å². The van der Waals surface area contributed by atoms with Crippen LogP contribution in [0.3, 0.4) is 0 Å². The van der Waals surface area contributed by atoms with Crippen LogP contribution in [0.5, 0.6) is 0 Å². The lowest BCUT2D eigenvalue weighted by atomic mass is 9.89. The highest BCUT2D eigenvalue weighted by atomic mass is 16.1. The Bertz CT molecular complexity index is 836. The molecular formula is C21H16O. The summed E-state index contributed by atoms with van der Waals surface area (Å²) in [5, 5.41) is 0. The van der Waals surface area contributed by atoms with E-state index in [9.17, 15) is 4.79 Å². The van der Waals surface area contributed by atoms with Gasteiger partial charge in [0.25, 0.3) is 0 Å². The van der Waals surface area contributed by atoms with Crippen LogP contribution >= 0.6 is 0 Å². The lowest BCUT2D eigenvalue weighted by Gasteiger charge is -2.14. The van der Waals surface area contributed by atoms with Crippen LogP contribution < -0.4 is 0 Å². The van der Waals surface area contributed by atoms with Crippen molar-refractivity contribution in [3.63, 3.8) is 0 Å². The topological polar surface area (TPSA) is 17.1 Å². The molecule has 1 heteroatoms. The van der Waals surface area contributed by atoms with Crippen LogP contribution in [-0.2, 0) is 4.79 Å². The van der Waals surface area contributed by atoms with Crippen molar-refractivity contribution in [1.82, 2.24) is 0 Å². The molecule has 0 amide bonds. The van der Waals surface area contributed by atoms with Gasteiger partial charge in [-0.15, -0.1) is 0 Å². The van der Waals surface area contributed by atoms with E-state index in [1.807, 2.05) is 26.0 Å². The first kappa shape index (κ1) is 13.0. The maximum absolute atomic E-state index is 12.0. The van der Waals surface area contributed by atoms with Crippen LogP contribution in [0.4, 0.5) is 0 Å². The van der Waals surface area contributed by atoms with Crippen molar-refractivity contribution in [3.8, 4) is 11.1 Å². The Morgan fingerprint density at radius 2 is 1.05 bits per heavy atom. The summed E-state index contributed by atoms with van der Waals surface area (Å²) >= 11 is 0. The lowest BCUT2D eigenvalue weighted by molar-refractivity contribution is -0.112. The third-order valence-corrected chi connectivity index (χ3v) is 4.43. The molecule has 0 saturated carbocycles. The van der Waals surface area contributed by atoms with Gasteiger partial charge in [-0.1, -0.05) is 48.5 Å². The zero-order chi connectivity index (χ0) is 15.3. The van der Waals surface area contributed by atoms with Gasteiger partial charge >= 0.3 is 0 Å². The van der Waals surface area contributed by atoms with Crippen molar-refractivity contribution >= 4 is 11.4 Å². The van der Waals surface area contributed by atoms with E-state index in [0.29, 0.717) is 0 Å². The maximum Gasteiger partial charge on any atom is 0.184 e. The van der Waals surface area contributed by atoms with Crippen LogP contribution in [0.25, 0.3) is 16.7 Å². The van der Waals surface area contributed by atoms with E-state index in [1.54, 1.807) is 0 Å². The summed E-state index contributed by atoms with van der Waals surface area (Å²) in [5.41, 5.74) is 9.03. The Kier molecular flexibility index (Phi) is 2.77. The lowest BCUT2D eigenvalue weighted by Crippen LogP contribution is -2.07. The zero-order valence-electron chi connectivity index (χ0n) is 12.7. The number of fused-ring (bicyclic) bond motifs is 3. The van der Waals surface area contributed by atoms with E-state index in [1.165, 1.54) is 27.8 Å². The standard InChI is InChI=1S/C21H16O/c1-13-11-15(12-14(2)21(13)22)20-18-9-5-3-7-16(18)17-8-4-6-10-19(17)20/h3-12H,1-2H3. The molecule has 0 N–H and O–H groups in total. The highest BCUT2D eigenvalue weighted by Crippen LogP contribution is 2.46. The molecule has 0 atom stereocenters. The summed E-state index contributed by atoms with van der Waals surface area (Å²) in [4.78, 5) is 12.0. The number of benzene rings is 2. The molecule has 0 fully saturated rings. The largest absolute Gasteiger partial charge is 0.289 e. The van der Waals surface area contributed by atoms with Crippen molar-refractivity contribution in [2.45, 2.75) is 13.8 Å². The molecule has 22 heavy (non-hydrogen) atoms. The number of hydrogen-bond acceptors (Lipinski definition) is 1. The Morgan fingerprint density at radius 1 is 0.636 bits per heavy atom. The van der Waals surface area contributed by atoms with Gasteiger partial charge in [-0.3, -0.25) is 4.79 Å². The third kappa shape index (κ3) is 1.75. The summed E-state index contributed by atoms with van der Waals surface area (Å²) < 4.78 is 0. The molecule has 106 valence electrons. The second-order valence-corrected chi connectivity index (χ2v) is 5.91. The van der Waals surface area contributed by atoms with Gasteiger partial charge in [-0.25, -0.2) is 0 Å². The molecule has 0 unspecified atom stereocenters. The average Bonchev–Trinajstić information content (AvgIpc) is 2.87. The Hall–Kier alpha value is -2.67. The molecule has 2 aliphatic carbocycles. The normalized spacial score (nSPS) is 16.2. The van der Waals surface area contributed by atoms with Gasteiger partial charge in [0.1, 0.15) is 0 Å². The predicted molar refractivity (Wildman–Crippen MR) is 90.4 cm³/mol. The fraction of sp³-hybridized carbons (Fsp3) is 0.0952. The molecule has 0 aliphatic heterocycles. The van der Waals surface area contributed by atoms with E-state index >= 15 is 0 Å². The average molecular weight is 284 g/mol. The van der Waals surface area contributed by atoms with E-state index < -0.39 is 0 Å².